The summed E-state index contributed by atoms with van der Waals surface area (Å²) in [6, 6.07) is 0. The molecule has 0 rings (SSSR count). The topological polar surface area (TPSA) is 90.2 Å². The standard InChI is InChI=1S/C10H26O5Si2/c1-7-9(3,4)16(11,12)15-17(13,14)10(5,6)8-2/h11-14H,7-8H2,1-6H3. The Bertz CT molecular complexity index is 237. The molecule has 0 aliphatic carbocycles. The molecule has 0 atom stereocenters. The van der Waals surface area contributed by atoms with Gasteiger partial charge in [0.15, 0.2) is 0 Å². The third-order valence-corrected chi connectivity index (χ3v) is 10.3. The lowest BCUT2D eigenvalue weighted by Crippen LogP contribution is -2.62. The van der Waals surface area contributed by atoms with E-state index in [0.717, 1.165) is 0 Å². The molecule has 0 aromatic carbocycles. The Hall–Kier alpha value is 0.234. The van der Waals surface area contributed by atoms with Crippen molar-refractivity contribution in [2.75, 3.05) is 0 Å². The second-order valence-electron chi connectivity index (χ2n) is 5.79. The first kappa shape index (κ1) is 17.2. The SMILES string of the molecule is CCC(C)(C)[Si](O)(O)O[Si](O)(O)C(C)(C)CC. The molecule has 0 aromatic heterocycles. The van der Waals surface area contributed by atoms with Gasteiger partial charge in [-0.1, -0.05) is 41.5 Å². The van der Waals surface area contributed by atoms with Gasteiger partial charge in [-0.05, 0) is 12.8 Å². The van der Waals surface area contributed by atoms with Gasteiger partial charge in [-0.2, -0.15) is 0 Å². The van der Waals surface area contributed by atoms with Crippen molar-refractivity contribution in [3.63, 3.8) is 0 Å². The molecular weight excluding hydrogens is 256 g/mol. The maximum absolute atomic E-state index is 10.0. The average Bonchev–Trinajstić information content (AvgIpc) is 2.15. The molecule has 0 unspecified atom stereocenters. The van der Waals surface area contributed by atoms with Crippen LogP contribution in [0.4, 0.5) is 0 Å². The Balaban J connectivity index is 5.07. The second kappa shape index (κ2) is 5.08. The van der Waals surface area contributed by atoms with E-state index in [1.165, 1.54) is 0 Å². The highest BCUT2D eigenvalue weighted by Crippen LogP contribution is 2.43. The van der Waals surface area contributed by atoms with Gasteiger partial charge in [-0.3, -0.25) is 0 Å². The molecular formula is C10H26O5Si2. The van der Waals surface area contributed by atoms with Gasteiger partial charge in [0.1, 0.15) is 0 Å². The van der Waals surface area contributed by atoms with Crippen molar-refractivity contribution < 1.29 is 23.3 Å². The molecule has 0 aliphatic rings. The molecule has 17 heavy (non-hydrogen) atoms. The third-order valence-electron chi connectivity index (χ3n) is 3.82. The summed E-state index contributed by atoms with van der Waals surface area (Å²) in [4.78, 5) is 40.1. The van der Waals surface area contributed by atoms with E-state index in [1.54, 1.807) is 41.5 Å². The van der Waals surface area contributed by atoms with Crippen molar-refractivity contribution in [3.05, 3.63) is 0 Å². The maximum Gasteiger partial charge on any atom is 0.494 e. The van der Waals surface area contributed by atoms with Crippen LogP contribution >= 0.6 is 0 Å². The van der Waals surface area contributed by atoms with Crippen molar-refractivity contribution in [1.29, 1.82) is 0 Å². The molecule has 0 fully saturated rings. The van der Waals surface area contributed by atoms with Crippen LogP contribution in [0.2, 0.25) is 10.1 Å². The van der Waals surface area contributed by atoms with E-state index in [4.69, 9.17) is 4.12 Å². The summed E-state index contributed by atoms with van der Waals surface area (Å²) in [5, 5.41) is -1.69. The Kier molecular flexibility index (Phi) is 5.15. The lowest BCUT2D eigenvalue weighted by atomic mass is 10.1. The highest BCUT2D eigenvalue weighted by Gasteiger charge is 2.59. The maximum atomic E-state index is 10.0. The number of hydrogen-bond donors (Lipinski definition) is 4. The van der Waals surface area contributed by atoms with E-state index in [1.807, 2.05) is 0 Å². The molecule has 4 N–H and O–H groups in total. The second-order valence-corrected chi connectivity index (χ2v) is 11.7. The highest BCUT2D eigenvalue weighted by molar-refractivity contribution is 6.75. The van der Waals surface area contributed by atoms with Crippen LogP contribution in [-0.2, 0) is 4.12 Å². The van der Waals surface area contributed by atoms with Crippen LogP contribution in [0.15, 0.2) is 0 Å². The predicted octanol–water partition coefficient (Wildman–Crippen LogP) is 1.23. The van der Waals surface area contributed by atoms with Crippen LogP contribution in [0, 0.1) is 0 Å². The van der Waals surface area contributed by atoms with Crippen molar-refractivity contribution >= 4 is 17.6 Å². The van der Waals surface area contributed by atoms with E-state index < -0.39 is 27.7 Å². The molecule has 0 aromatic rings. The molecule has 0 aliphatic heterocycles. The van der Waals surface area contributed by atoms with Gasteiger partial charge in [-0.25, -0.2) is 0 Å². The molecule has 0 saturated heterocycles. The normalized spacial score (nSPS) is 15.2. The first-order chi connectivity index (χ1) is 7.33. The summed E-state index contributed by atoms with van der Waals surface area (Å²) in [5.74, 6) is 0. The van der Waals surface area contributed by atoms with Gasteiger partial charge in [0.05, 0.1) is 0 Å². The van der Waals surface area contributed by atoms with Gasteiger partial charge in [0, 0.05) is 10.1 Å². The Morgan fingerprint density at radius 2 is 1.00 bits per heavy atom. The summed E-state index contributed by atoms with van der Waals surface area (Å²) in [6.45, 7) is 10.2. The third kappa shape index (κ3) is 3.60. The zero-order valence-electron chi connectivity index (χ0n) is 11.6. The lowest BCUT2D eigenvalue weighted by molar-refractivity contribution is 0.111. The summed E-state index contributed by atoms with van der Waals surface area (Å²) >= 11 is 0. The molecule has 104 valence electrons. The summed E-state index contributed by atoms with van der Waals surface area (Å²) in [5.41, 5.74) is 0. The van der Waals surface area contributed by atoms with Crippen LogP contribution in [0.3, 0.4) is 0 Å². The van der Waals surface area contributed by atoms with Crippen molar-refractivity contribution in [2.45, 2.75) is 64.5 Å². The van der Waals surface area contributed by atoms with Crippen LogP contribution in [0.5, 0.6) is 0 Å². The molecule has 7 heteroatoms. The van der Waals surface area contributed by atoms with Gasteiger partial charge in [-0.15, -0.1) is 0 Å². The summed E-state index contributed by atoms with van der Waals surface area (Å²) in [7, 11) is -8.26. The van der Waals surface area contributed by atoms with Crippen molar-refractivity contribution in [2.24, 2.45) is 0 Å². The first-order valence-corrected chi connectivity index (χ1v) is 9.53. The minimum absolute atomic E-state index is 0.489. The molecule has 0 heterocycles. The fourth-order valence-electron chi connectivity index (χ4n) is 0.935. The largest absolute Gasteiger partial charge is 0.494 e. The van der Waals surface area contributed by atoms with Gasteiger partial charge < -0.3 is 23.3 Å². The Morgan fingerprint density at radius 3 is 1.18 bits per heavy atom. The minimum Gasteiger partial charge on any atom is -0.390 e. The molecule has 0 spiro atoms. The van der Waals surface area contributed by atoms with E-state index in [2.05, 4.69) is 0 Å². The summed E-state index contributed by atoms with van der Waals surface area (Å²) in [6.07, 6.45) is 0.979. The average molecular weight is 282 g/mol. The van der Waals surface area contributed by atoms with Gasteiger partial charge in [0.25, 0.3) is 0 Å². The Morgan fingerprint density at radius 1 is 0.765 bits per heavy atom. The van der Waals surface area contributed by atoms with Crippen molar-refractivity contribution in [3.8, 4) is 0 Å². The zero-order chi connectivity index (χ0) is 14.1. The van der Waals surface area contributed by atoms with Crippen LogP contribution < -0.4 is 0 Å². The van der Waals surface area contributed by atoms with Crippen LogP contribution in [0.1, 0.15) is 54.4 Å². The van der Waals surface area contributed by atoms with Crippen molar-refractivity contribution in [1.82, 2.24) is 0 Å². The number of rotatable bonds is 6. The van der Waals surface area contributed by atoms with E-state index in [9.17, 15) is 19.2 Å². The van der Waals surface area contributed by atoms with Crippen LogP contribution in [0.25, 0.3) is 0 Å². The zero-order valence-corrected chi connectivity index (χ0v) is 13.6. The summed E-state index contributed by atoms with van der Waals surface area (Å²) < 4.78 is 5.04. The van der Waals surface area contributed by atoms with E-state index in [-0.39, 0.29) is 0 Å². The van der Waals surface area contributed by atoms with Gasteiger partial charge >= 0.3 is 17.6 Å². The minimum atomic E-state index is -4.13. The molecule has 0 amide bonds. The molecule has 0 bridgehead atoms. The van der Waals surface area contributed by atoms with Gasteiger partial charge in [0.2, 0.25) is 0 Å². The van der Waals surface area contributed by atoms with E-state index in [0.29, 0.717) is 12.8 Å². The van der Waals surface area contributed by atoms with E-state index >= 15 is 0 Å². The molecule has 0 saturated carbocycles. The van der Waals surface area contributed by atoms with Crippen LogP contribution in [-0.4, -0.2) is 36.8 Å². The first-order valence-electron chi connectivity index (χ1n) is 5.92. The molecule has 5 nitrogen and oxygen atoms in total. The quantitative estimate of drug-likeness (QED) is 0.550. The Labute approximate surface area is 106 Å². The number of hydrogen-bond acceptors (Lipinski definition) is 5. The lowest BCUT2D eigenvalue weighted by Gasteiger charge is -2.41. The highest BCUT2D eigenvalue weighted by atomic mass is 28.5. The predicted molar refractivity (Wildman–Crippen MR) is 70.1 cm³/mol. The fraction of sp³-hybridized carbons (Fsp3) is 1.00. The molecule has 0 radical (unpaired) electrons. The smallest absolute Gasteiger partial charge is 0.390 e. The monoisotopic (exact) mass is 282 g/mol. The fourth-order valence-corrected chi connectivity index (χ4v) is 5.65.